The molecule has 0 fully saturated rings. The van der Waals surface area contributed by atoms with E-state index in [1.807, 2.05) is 25.1 Å². The Morgan fingerprint density at radius 1 is 1.03 bits per heavy atom. The first-order valence-corrected chi connectivity index (χ1v) is 10.9. The summed E-state index contributed by atoms with van der Waals surface area (Å²) in [6.45, 7) is 4.63. The Bertz CT molecular complexity index is 1340. The first kappa shape index (κ1) is 20.3. The van der Waals surface area contributed by atoms with Crippen LogP contribution in [0.2, 0.25) is 0 Å². The summed E-state index contributed by atoms with van der Waals surface area (Å²) in [5.41, 5.74) is 4.14. The molecule has 0 radical (unpaired) electrons. The summed E-state index contributed by atoms with van der Waals surface area (Å²) in [5.74, 6) is 1.27. The third-order valence-corrected chi connectivity index (χ3v) is 6.07. The SMILES string of the molecule is Cc1ccc(-c2nnc3n2CCCCC3)cc1NC(=O)c1cc2ccc(F)cc2nc1C. The Kier molecular flexibility index (Phi) is 5.17. The number of carbonyl (C=O) groups is 1. The van der Waals surface area contributed by atoms with Crippen molar-refractivity contribution in [1.82, 2.24) is 19.7 Å². The second kappa shape index (κ2) is 8.15. The molecule has 2 aromatic carbocycles. The number of carbonyl (C=O) groups excluding carboxylic acids is 1. The zero-order chi connectivity index (χ0) is 22.2. The average molecular weight is 429 g/mol. The van der Waals surface area contributed by atoms with E-state index in [9.17, 15) is 9.18 Å². The van der Waals surface area contributed by atoms with Crippen LogP contribution in [0.3, 0.4) is 0 Å². The molecule has 1 aliphatic rings. The number of nitrogens with zero attached hydrogens (tertiary/aromatic N) is 4. The van der Waals surface area contributed by atoms with Crippen LogP contribution >= 0.6 is 0 Å². The minimum absolute atomic E-state index is 0.249. The van der Waals surface area contributed by atoms with Gasteiger partial charge >= 0.3 is 0 Å². The van der Waals surface area contributed by atoms with E-state index in [1.165, 1.54) is 18.6 Å². The van der Waals surface area contributed by atoms with E-state index in [0.29, 0.717) is 16.8 Å². The maximum absolute atomic E-state index is 13.5. The highest BCUT2D eigenvalue weighted by atomic mass is 19.1. The number of rotatable bonds is 3. The van der Waals surface area contributed by atoms with Gasteiger partial charge in [0.2, 0.25) is 0 Å². The standard InChI is InChI=1S/C25H24FN5O/c1-15-7-8-18(24-30-29-23-6-4-3-5-11-31(23)24)13-21(15)28-25(32)20-12-17-9-10-19(26)14-22(17)27-16(20)2/h7-10,12-14H,3-6,11H2,1-2H3,(H,28,32). The normalized spacial score (nSPS) is 13.6. The van der Waals surface area contributed by atoms with Crippen LogP contribution in [-0.4, -0.2) is 25.7 Å². The van der Waals surface area contributed by atoms with Crippen molar-refractivity contribution >= 4 is 22.5 Å². The van der Waals surface area contributed by atoms with Crippen LogP contribution in [0.25, 0.3) is 22.3 Å². The Morgan fingerprint density at radius 2 is 1.91 bits per heavy atom. The number of benzene rings is 2. The number of fused-ring (bicyclic) bond motifs is 2. The topological polar surface area (TPSA) is 72.7 Å². The van der Waals surface area contributed by atoms with Crippen LogP contribution in [-0.2, 0) is 13.0 Å². The Morgan fingerprint density at radius 3 is 2.78 bits per heavy atom. The fourth-order valence-electron chi connectivity index (χ4n) is 4.25. The lowest BCUT2D eigenvalue weighted by atomic mass is 10.1. The van der Waals surface area contributed by atoms with E-state index in [0.717, 1.165) is 59.7 Å². The molecule has 0 bridgehead atoms. The lowest BCUT2D eigenvalue weighted by Crippen LogP contribution is -2.15. The molecule has 0 atom stereocenters. The molecule has 162 valence electrons. The van der Waals surface area contributed by atoms with Gasteiger partial charge in [0.15, 0.2) is 5.82 Å². The molecule has 32 heavy (non-hydrogen) atoms. The molecule has 1 amide bonds. The maximum Gasteiger partial charge on any atom is 0.257 e. The van der Waals surface area contributed by atoms with Crippen molar-refractivity contribution in [3.63, 3.8) is 0 Å². The number of amides is 1. The number of aryl methyl sites for hydroxylation is 3. The van der Waals surface area contributed by atoms with Crippen LogP contribution in [0.1, 0.15) is 46.7 Å². The van der Waals surface area contributed by atoms with Crippen LogP contribution in [0.15, 0.2) is 42.5 Å². The number of nitrogens with one attached hydrogen (secondary N) is 1. The van der Waals surface area contributed by atoms with Gasteiger partial charge in [0, 0.05) is 35.7 Å². The Balaban J connectivity index is 1.47. The third-order valence-electron chi connectivity index (χ3n) is 6.07. The van der Waals surface area contributed by atoms with E-state index >= 15 is 0 Å². The lowest BCUT2D eigenvalue weighted by molar-refractivity contribution is 0.102. The maximum atomic E-state index is 13.5. The lowest BCUT2D eigenvalue weighted by Gasteiger charge is -2.13. The monoisotopic (exact) mass is 429 g/mol. The zero-order valence-electron chi connectivity index (χ0n) is 18.2. The molecule has 0 saturated heterocycles. The Hall–Kier alpha value is -3.61. The number of anilines is 1. The smallest absolute Gasteiger partial charge is 0.257 e. The van der Waals surface area contributed by atoms with Crippen molar-refractivity contribution in [2.75, 3.05) is 5.32 Å². The highest BCUT2D eigenvalue weighted by Crippen LogP contribution is 2.28. The van der Waals surface area contributed by atoms with E-state index in [1.54, 1.807) is 19.1 Å². The molecule has 0 aliphatic carbocycles. The van der Waals surface area contributed by atoms with E-state index < -0.39 is 0 Å². The predicted molar refractivity (Wildman–Crippen MR) is 122 cm³/mol. The first-order valence-electron chi connectivity index (χ1n) is 10.9. The molecule has 1 aliphatic heterocycles. The van der Waals surface area contributed by atoms with Crippen molar-refractivity contribution in [2.45, 2.75) is 46.1 Å². The van der Waals surface area contributed by atoms with Crippen LogP contribution < -0.4 is 5.32 Å². The molecule has 6 nitrogen and oxygen atoms in total. The molecular weight excluding hydrogens is 405 g/mol. The summed E-state index contributed by atoms with van der Waals surface area (Å²) in [7, 11) is 0. The predicted octanol–water partition coefficient (Wildman–Crippen LogP) is 5.23. The summed E-state index contributed by atoms with van der Waals surface area (Å²) in [4.78, 5) is 17.5. The fraction of sp³-hybridized carbons (Fsp3) is 0.280. The van der Waals surface area contributed by atoms with Crippen molar-refractivity contribution in [2.24, 2.45) is 0 Å². The highest BCUT2D eigenvalue weighted by molar-refractivity contribution is 6.07. The highest BCUT2D eigenvalue weighted by Gasteiger charge is 2.18. The number of halogens is 1. The summed E-state index contributed by atoms with van der Waals surface area (Å²) < 4.78 is 15.7. The largest absolute Gasteiger partial charge is 0.322 e. The molecule has 5 rings (SSSR count). The summed E-state index contributed by atoms with van der Waals surface area (Å²) in [6, 6.07) is 12.1. The number of hydrogen-bond donors (Lipinski definition) is 1. The molecule has 0 spiro atoms. The molecule has 3 heterocycles. The molecular formula is C25H24FN5O. The van der Waals surface area contributed by atoms with Gasteiger partial charge in [-0.3, -0.25) is 9.78 Å². The molecule has 4 aromatic rings. The van der Waals surface area contributed by atoms with Gasteiger partial charge in [-0.1, -0.05) is 18.6 Å². The molecule has 1 N–H and O–H groups in total. The van der Waals surface area contributed by atoms with Crippen LogP contribution in [0.4, 0.5) is 10.1 Å². The number of aromatic nitrogens is 4. The molecule has 2 aromatic heterocycles. The van der Waals surface area contributed by atoms with Crippen LogP contribution in [0, 0.1) is 19.7 Å². The van der Waals surface area contributed by atoms with Crippen molar-refractivity contribution < 1.29 is 9.18 Å². The molecule has 0 saturated carbocycles. The zero-order valence-corrected chi connectivity index (χ0v) is 18.2. The second-order valence-electron chi connectivity index (χ2n) is 8.34. The second-order valence-corrected chi connectivity index (χ2v) is 8.34. The fourth-order valence-corrected chi connectivity index (χ4v) is 4.25. The summed E-state index contributed by atoms with van der Waals surface area (Å²) in [5, 5.41) is 12.6. The van der Waals surface area contributed by atoms with Gasteiger partial charge in [0.1, 0.15) is 11.6 Å². The Labute approximate surface area is 185 Å². The van der Waals surface area contributed by atoms with E-state index in [-0.39, 0.29) is 11.7 Å². The summed E-state index contributed by atoms with van der Waals surface area (Å²) in [6.07, 6.45) is 4.40. The van der Waals surface area contributed by atoms with Crippen LogP contribution in [0.5, 0.6) is 0 Å². The van der Waals surface area contributed by atoms with Gasteiger partial charge in [0.25, 0.3) is 5.91 Å². The first-order chi connectivity index (χ1) is 15.5. The van der Waals surface area contributed by atoms with Gasteiger partial charge in [0.05, 0.1) is 16.8 Å². The molecule has 0 unspecified atom stereocenters. The van der Waals surface area contributed by atoms with Crippen molar-refractivity contribution in [3.8, 4) is 11.4 Å². The number of hydrogen-bond acceptors (Lipinski definition) is 4. The third kappa shape index (κ3) is 3.75. The summed E-state index contributed by atoms with van der Waals surface area (Å²) >= 11 is 0. The van der Waals surface area contributed by atoms with Gasteiger partial charge in [-0.2, -0.15) is 0 Å². The van der Waals surface area contributed by atoms with Gasteiger partial charge in [-0.05, 0) is 56.5 Å². The minimum Gasteiger partial charge on any atom is -0.322 e. The number of pyridine rings is 1. The quantitative estimate of drug-likeness (QED) is 0.484. The van der Waals surface area contributed by atoms with Gasteiger partial charge in [-0.15, -0.1) is 10.2 Å². The average Bonchev–Trinajstić information content (AvgIpc) is 3.02. The minimum atomic E-state index is -0.347. The van der Waals surface area contributed by atoms with E-state index in [2.05, 4.69) is 25.1 Å². The van der Waals surface area contributed by atoms with Gasteiger partial charge in [-0.25, -0.2) is 4.39 Å². The van der Waals surface area contributed by atoms with Gasteiger partial charge < -0.3 is 9.88 Å². The van der Waals surface area contributed by atoms with E-state index in [4.69, 9.17) is 0 Å². The van der Waals surface area contributed by atoms with Crippen molar-refractivity contribution in [3.05, 3.63) is 70.9 Å². The molecule has 7 heteroatoms. The van der Waals surface area contributed by atoms with Crippen molar-refractivity contribution in [1.29, 1.82) is 0 Å².